The Labute approximate surface area is 512 Å². The molecule has 0 radical (unpaired) electrons. The maximum absolute atomic E-state index is 14.5. The average Bonchev–Trinajstić information content (AvgIpc) is 3.32. The summed E-state index contributed by atoms with van der Waals surface area (Å²) in [5.74, 6) is -13.1. The minimum absolute atomic E-state index is 0.0311. The van der Waals surface area contributed by atoms with Gasteiger partial charge in [-0.05, 0) is 87.1 Å². The number of phenols is 1. The Bertz CT molecular complexity index is 2930. The number of aromatic hydroxyl groups is 1. The summed E-state index contributed by atoms with van der Waals surface area (Å²) >= 11 is 0. The number of nitrogens with one attached hydrogen (secondary N) is 9. The number of hydrogen-bond donors (Lipinski definition) is 17. The molecule has 10 amide bonds. The van der Waals surface area contributed by atoms with Gasteiger partial charge in [-0.25, -0.2) is 9.78 Å². The van der Waals surface area contributed by atoms with Crippen molar-refractivity contribution < 1.29 is 72.9 Å². The Hall–Kier alpha value is -9.72. The van der Waals surface area contributed by atoms with Gasteiger partial charge in [-0.2, -0.15) is 0 Å². The fourth-order valence-electron chi connectivity index (χ4n) is 9.59. The van der Waals surface area contributed by atoms with Crippen LogP contribution in [-0.2, 0) is 76.8 Å². The highest BCUT2D eigenvalue weighted by molar-refractivity contribution is 5.99. The fourth-order valence-corrected chi connectivity index (χ4v) is 9.59. The minimum atomic E-state index is -1.85. The molecule has 0 aliphatic carbocycles. The van der Waals surface area contributed by atoms with E-state index in [1.807, 2.05) is 0 Å². The molecule has 32 nitrogen and oxygen atoms in total. The summed E-state index contributed by atoms with van der Waals surface area (Å²) in [7, 11) is 0. The molecule has 1 aliphatic rings. The second-order valence-corrected chi connectivity index (χ2v) is 21.6. The van der Waals surface area contributed by atoms with Crippen molar-refractivity contribution in [2.75, 3.05) is 26.2 Å². The number of nitrogens with zero attached hydrogens (tertiary/aromatic N) is 3. The first-order valence-electron chi connectivity index (χ1n) is 29.0. The Morgan fingerprint density at radius 1 is 0.640 bits per heavy atom. The molecule has 0 spiro atoms. The molecule has 1 fully saturated rings. The van der Waals surface area contributed by atoms with Gasteiger partial charge in [0.15, 0.2) is 5.96 Å². The van der Waals surface area contributed by atoms with E-state index in [4.69, 9.17) is 28.7 Å². The summed E-state index contributed by atoms with van der Waals surface area (Å²) in [6, 6.07) is 0.597. The lowest BCUT2D eigenvalue weighted by molar-refractivity contribution is -0.145. The number of imidazole rings is 1. The molecule has 2 heterocycles. The van der Waals surface area contributed by atoms with Crippen LogP contribution in [0.4, 0.5) is 0 Å². The molecule has 0 saturated carbocycles. The number of carboxylic acids is 2. The van der Waals surface area contributed by atoms with Crippen LogP contribution >= 0.6 is 0 Å². The lowest BCUT2D eigenvalue weighted by Gasteiger charge is -2.31. The van der Waals surface area contributed by atoms with Gasteiger partial charge in [-0.1, -0.05) is 56.3 Å². The Morgan fingerprint density at radius 2 is 1.20 bits per heavy atom. The van der Waals surface area contributed by atoms with Crippen LogP contribution in [0, 0.1) is 5.92 Å². The molecule has 1 saturated heterocycles. The third-order valence-electron chi connectivity index (χ3n) is 14.3. The van der Waals surface area contributed by atoms with E-state index in [1.54, 1.807) is 44.2 Å². The minimum Gasteiger partial charge on any atom is -0.508 e. The van der Waals surface area contributed by atoms with Gasteiger partial charge < -0.3 is 96.4 Å². The summed E-state index contributed by atoms with van der Waals surface area (Å²) < 4.78 is 0. The van der Waals surface area contributed by atoms with Crippen LogP contribution in [0.1, 0.15) is 94.9 Å². The zero-order valence-electron chi connectivity index (χ0n) is 49.6. The van der Waals surface area contributed by atoms with Gasteiger partial charge in [-0.15, -0.1) is 0 Å². The van der Waals surface area contributed by atoms with Crippen molar-refractivity contribution in [2.45, 2.75) is 152 Å². The third-order valence-corrected chi connectivity index (χ3v) is 14.3. The highest BCUT2D eigenvalue weighted by Gasteiger charge is 2.41. The predicted octanol–water partition coefficient (Wildman–Crippen LogP) is -4.37. The van der Waals surface area contributed by atoms with Gasteiger partial charge in [0.05, 0.1) is 19.3 Å². The number of nitrogens with two attached hydrogens (primary N) is 5. The Morgan fingerprint density at radius 3 is 1.78 bits per heavy atom. The number of benzene rings is 2. The number of phenolic OH excluding ortho intramolecular Hbond substituents is 1. The number of carboxylic acid groups (broad SMARTS) is 2. The molecule has 4 rings (SSSR count). The zero-order chi connectivity index (χ0) is 65.7. The monoisotopic (exact) mass is 1250 g/mol. The fraction of sp³-hybridized carbons (Fsp3) is 0.509. The number of unbranched alkanes of at least 4 members (excludes halogenated alkanes) is 1. The van der Waals surface area contributed by atoms with Crippen LogP contribution in [0.2, 0.25) is 0 Å². The van der Waals surface area contributed by atoms with E-state index >= 15 is 0 Å². The van der Waals surface area contributed by atoms with Crippen LogP contribution in [0.5, 0.6) is 5.75 Å². The number of guanidine groups is 1. The molecular weight excluding hydrogens is 1160 g/mol. The van der Waals surface area contributed by atoms with Crippen molar-refractivity contribution in [1.82, 2.24) is 57.4 Å². The lowest BCUT2D eigenvalue weighted by Crippen LogP contribution is -2.61. The number of rotatable bonds is 38. The summed E-state index contributed by atoms with van der Waals surface area (Å²) in [6.07, 6.45) is 1.18. The van der Waals surface area contributed by atoms with Gasteiger partial charge in [0.2, 0.25) is 59.1 Å². The van der Waals surface area contributed by atoms with Gasteiger partial charge in [0, 0.05) is 50.7 Å². The molecule has 1 aliphatic heterocycles. The number of carbonyl (C=O) groups is 12. The molecule has 0 unspecified atom stereocenters. The highest BCUT2D eigenvalue weighted by atomic mass is 16.4. The van der Waals surface area contributed by atoms with Crippen molar-refractivity contribution in [3.63, 3.8) is 0 Å². The van der Waals surface area contributed by atoms with Gasteiger partial charge >= 0.3 is 11.9 Å². The van der Waals surface area contributed by atoms with E-state index in [0.29, 0.717) is 29.7 Å². The maximum Gasteiger partial charge on any atom is 0.326 e. The van der Waals surface area contributed by atoms with Crippen molar-refractivity contribution in [2.24, 2.45) is 39.6 Å². The van der Waals surface area contributed by atoms with Gasteiger partial charge in [-0.3, -0.25) is 57.7 Å². The van der Waals surface area contributed by atoms with Crippen LogP contribution in [0.25, 0.3) is 0 Å². The number of aliphatic imine (C=N–C) groups is 1. The zero-order valence-corrected chi connectivity index (χ0v) is 49.6. The van der Waals surface area contributed by atoms with E-state index in [1.165, 1.54) is 41.7 Å². The van der Waals surface area contributed by atoms with E-state index < -0.39 is 157 Å². The number of carbonyl (C=O) groups excluding carboxylic acids is 10. The predicted molar refractivity (Wildman–Crippen MR) is 319 cm³/mol. The standard InChI is InChI=1S/C57H83N17O15/c1-31(2)47(54(86)69-38(13-8-22-64-57(61)62)55(87)74-23-9-14-43(74)53(85)72-42(56(88)89)26-34-29-63-30-65-34)73-49(81)36(12-6-7-21-58)67-52(84)41(27-44(60)76)71-51(83)40(25-33-15-17-35(75)18-16-33)70-48(80)37(19-20-46(78)79)68-50(82)39(66-45(77)28-59)24-32-10-4-3-5-11-32/h3-5,10-11,15-18,29-31,36-43,47,75H,6-9,12-14,19-28,58-59H2,1-2H3,(H2,60,76)(H,63,65)(H,66,77)(H,67,84)(H,68,82)(H,69,86)(H,70,80)(H,71,83)(H,72,85)(H,73,81)(H,78,79)(H,88,89)(H4,61,62,64)/t36-,37-,38-,39-,40-,41-,42-,43-,47-/m0/s1. The average molecular weight is 1250 g/mol. The Balaban J connectivity index is 1.60. The van der Waals surface area contributed by atoms with Crippen LogP contribution in [0.3, 0.4) is 0 Å². The topological polar surface area (TPSA) is 536 Å². The number of hydrogen-bond acceptors (Lipinski definition) is 17. The number of H-pyrrole nitrogens is 1. The first kappa shape index (κ1) is 71.8. The number of aromatic amines is 1. The molecule has 0 bridgehead atoms. The number of amides is 10. The molecule has 9 atom stereocenters. The number of aromatic nitrogens is 2. The van der Waals surface area contributed by atoms with Crippen LogP contribution in [-0.4, -0.2) is 188 Å². The molecule has 22 N–H and O–H groups in total. The number of likely N-dealkylation sites (tertiary alicyclic amines) is 1. The number of primary amides is 1. The van der Waals surface area contributed by atoms with E-state index in [2.05, 4.69) is 57.5 Å². The first-order chi connectivity index (χ1) is 42.3. The van der Waals surface area contributed by atoms with Gasteiger partial charge in [0.1, 0.15) is 60.1 Å². The molecule has 3 aromatic rings. The smallest absolute Gasteiger partial charge is 0.326 e. The van der Waals surface area contributed by atoms with E-state index in [0.717, 1.165) is 0 Å². The second-order valence-electron chi connectivity index (χ2n) is 21.6. The molecule has 89 heavy (non-hydrogen) atoms. The number of aliphatic carboxylic acids is 2. The summed E-state index contributed by atoms with van der Waals surface area (Å²) in [6.45, 7) is 2.94. The SMILES string of the molecule is CC(C)[C@H](NC(=O)[C@H](CCCCN)NC(=O)[C@H](CC(N)=O)NC(=O)[C@H](Cc1ccc(O)cc1)NC(=O)[C@H](CCC(=O)O)NC(=O)[C@H](Cc1ccccc1)NC(=O)CN)C(=O)N[C@@H](CCCN=C(N)N)C(=O)N1CCC[C@H]1C(=O)N[C@@H](Cc1cnc[nH]1)C(=O)O. The van der Waals surface area contributed by atoms with Gasteiger partial charge in [0.25, 0.3) is 0 Å². The molecular formula is C57H83N17O15. The second kappa shape index (κ2) is 36.4. The van der Waals surface area contributed by atoms with Crippen LogP contribution in [0.15, 0.2) is 72.1 Å². The lowest BCUT2D eigenvalue weighted by atomic mass is 10.00. The largest absolute Gasteiger partial charge is 0.508 e. The summed E-state index contributed by atoms with van der Waals surface area (Å²) in [5, 5.41) is 49.8. The Kier molecular flexibility index (Phi) is 29.4. The molecule has 2 aromatic carbocycles. The normalized spacial score (nSPS) is 15.4. The maximum atomic E-state index is 14.5. The summed E-state index contributed by atoms with van der Waals surface area (Å²) in [4.78, 5) is 175. The molecule has 32 heteroatoms. The van der Waals surface area contributed by atoms with Crippen molar-refractivity contribution >= 4 is 77.0 Å². The van der Waals surface area contributed by atoms with Crippen molar-refractivity contribution in [3.8, 4) is 5.75 Å². The summed E-state index contributed by atoms with van der Waals surface area (Å²) in [5.41, 5.74) is 29.3. The first-order valence-corrected chi connectivity index (χ1v) is 29.0. The van der Waals surface area contributed by atoms with Crippen LogP contribution < -0.4 is 71.2 Å². The highest BCUT2D eigenvalue weighted by Crippen LogP contribution is 2.21. The van der Waals surface area contributed by atoms with E-state index in [-0.39, 0.29) is 82.7 Å². The van der Waals surface area contributed by atoms with E-state index in [9.17, 15) is 72.9 Å². The quantitative estimate of drug-likeness (QED) is 0.0146. The molecule has 1 aromatic heterocycles. The van der Waals surface area contributed by atoms with Crippen molar-refractivity contribution in [1.29, 1.82) is 0 Å². The molecule has 486 valence electrons. The third kappa shape index (κ3) is 24.5. The van der Waals surface area contributed by atoms with Crippen molar-refractivity contribution in [3.05, 3.63) is 83.9 Å².